The Morgan fingerprint density at radius 1 is 1.37 bits per heavy atom. The van der Waals surface area contributed by atoms with Crippen molar-refractivity contribution in [2.75, 3.05) is 23.7 Å². The zero-order chi connectivity index (χ0) is 13.4. The molecule has 2 fully saturated rings. The van der Waals surface area contributed by atoms with Gasteiger partial charge in [-0.25, -0.2) is 0 Å². The first kappa shape index (κ1) is 13.0. The number of nitrogens with zero attached hydrogens (tertiary/aromatic N) is 1. The molecule has 2 N–H and O–H groups in total. The molecule has 0 radical (unpaired) electrons. The third-order valence-corrected chi connectivity index (χ3v) is 5.65. The fraction of sp³-hybridized carbons (Fsp3) is 0.667. The molecule has 19 heavy (non-hydrogen) atoms. The number of Topliss-reactive ketones (excluding diaryl/α,β-unsaturated/α-hetero) is 1. The second kappa shape index (κ2) is 5.16. The standard InChI is InChI=1S/C15H22N2OS/c1-2-10-5-7-17(8-6-10)13-9-12(16)15(19-13)14(18)11-3-4-11/h9-11H,2-8,16H2,1H3. The van der Waals surface area contributed by atoms with Crippen molar-refractivity contribution in [3.63, 3.8) is 0 Å². The summed E-state index contributed by atoms with van der Waals surface area (Å²) in [5.74, 6) is 1.41. The van der Waals surface area contributed by atoms with Crippen LogP contribution in [0.5, 0.6) is 0 Å². The monoisotopic (exact) mass is 278 g/mol. The highest BCUT2D eigenvalue weighted by molar-refractivity contribution is 7.18. The zero-order valence-corrected chi connectivity index (χ0v) is 12.3. The predicted octanol–water partition coefficient (Wildman–Crippen LogP) is 3.55. The number of thiophene rings is 1. The maximum absolute atomic E-state index is 12.1. The van der Waals surface area contributed by atoms with Crippen molar-refractivity contribution in [2.45, 2.75) is 39.0 Å². The van der Waals surface area contributed by atoms with Crippen LogP contribution in [-0.2, 0) is 0 Å². The van der Waals surface area contributed by atoms with Crippen molar-refractivity contribution in [3.8, 4) is 0 Å². The molecular weight excluding hydrogens is 256 g/mol. The van der Waals surface area contributed by atoms with Crippen LogP contribution in [0.3, 0.4) is 0 Å². The van der Waals surface area contributed by atoms with E-state index < -0.39 is 0 Å². The van der Waals surface area contributed by atoms with E-state index in [2.05, 4.69) is 11.8 Å². The first-order valence-corrected chi connectivity index (χ1v) is 8.19. The topological polar surface area (TPSA) is 46.3 Å². The lowest BCUT2D eigenvalue weighted by atomic mass is 9.95. The van der Waals surface area contributed by atoms with Crippen molar-refractivity contribution in [3.05, 3.63) is 10.9 Å². The van der Waals surface area contributed by atoms with E-state index in [1.54, 1.807) is 11.3 Å². The first-order chi connectivity index (χ1) is 9.19. The largest absolute Gasteiger partial charge is 0.397 e. The summed E-state index contributed by atoms with van der Waals surface area (Å²) in [6.45, 7) is 4.49. The molecule has 2 heterocycles. The van der Waals surface area contributed by atoms with Crippen LogP contribution in [0.4, 0.5) is 10.7 Å². The lowest BCUT2D eigenvalue weighted by molar-refractivity contribution is 0.0972. The average molecular weight is 278 g/mol. The van der Waals surface area contributed by atoms with Crippen LogP contribution in [0.2, 0.25) is 0 Å². The van der Waals surface area contributed by atoms with Crippen molar-refractivity contribution in [2.24, 2.45) is 11.8 Å². The van der Waals surface area contributed by atoms with E-state index in [9.17, 15) is 4.79 Å². The van der Waals surface area contributed by atoms with Gasteiger partial charge in [0.15, 0.2) is 5.78 Å². The van der Waals surface area contributed by atoms with E-state index in [1.165, 1.54) is 24.3 Å². The van der Waals surface area contributed by atoms with Crippen molar-refractivity contribution in [1.82, 2.24) is 0 Å². The summed E-state index contributed by atoms with van der Waals surface area (Å²) in [6, 6.07) is 2.01. The van der Waals surface area contributed by atoms with E-state index >= 15 is 0 Å². The van der Waals surface area contributed by atoms with Crippen LogP contribution in [-0.4, -0.2) is 18.9 Å². The number of carbonyl (C=O) groups excluding carboxylic acids is 1. The number of ketones is 1. The van der Waals surface area contributed by atoms with Gasteiger partial charge in [0.2, 0.25) is 0 Å². The molecule has 4 heteroatoms. The Bertz CT molecular complexity index is 470. The summed E-state index contributed by atoms with van der Waals surface area (Å²) in [7, 11) is 0. The maximum atomic E-state index is 12.1. The lowest BCUT2D eigenvalue weighted by Gasteiger charge is -2.32. The third-order valence-electron chi connectivity index (χ3n) is 4.42. The SMILES string of the molecule is CCC1CCN(c2cc(N)c(C(=O)C3CC3)s2)CC1. The molecule has 3 rings (SSSR count). The van der Waals surface area contributed by atoms with E-state index in [4.69, 9.17) is 5.73 Å². The van der Waals surface area contributed by atoms with Gasteiger partial charge in [0.05, 0.1) is 15.6 Å². The number of carbonyl (C=O) groups is 1. The molecule has 0 amide bonds. The molecule has 1 aliphatic heterocycles. The molecule has 1 aromatic heterocycles. The van der Waals surface area contributed by atoms with Crippen molar-refractivity contribution >= 4 is 27.8 Å². The van der Waals surface area contributed by atoms with Crippen molar-refractivity contribution in [1.29, 1.82) is 0 Å². The molecule has 0 unspecified atom stereocenters. The molecule has 0 bridgehead atoms. The first-order valence-electron chi connectivity index (χ1n) is 7.37. The van der Waals surface area contributed by atoms with Gasteiger partial charge in [-0.15, -0.1) is 11.3 Å². The molecule has 1 aromatic rings. The smallest absolute Gasteiger partial charge is 0.178 e. The number of rotatable bonds is 4. The molecule has 0 spiro atoms. The minimum absolute atomic E-state index is 0.264. The molecule has 1 saturated carbocycles. The molecule has 0 aromatic carbocycles. The van der Waals surface area contributed by atoms with Gasteiger partial charge in [0.1, 0.15) is 0 Å². The third kappa shape index (κ3) is 2.64. The molecule has 104 valence electrons. The second-order valence-corrected chi connectivity index (χ2v) is 6.88. The van der Waals surface area contributed by atoms with E-state index in [1.807, 2.05) is 6.07 Å². The fourth-order valence-corrected chi connectivity index (χ4v) is 3.98. The van der Waals surface area contributed by atoms with Gasteiger partial charge in [-0.3, -0.25) is 4.79 Å². The molecule has 3 nitrogen and oxygen atoms in total. The van der Waals surface area contributed by atoms with Crippen LogP contribution in [0.1, 0.15) is 48.7 Å². The normalized spacial score (nSPS) is 20.8. The molecular formula is C15H22N2OS. The summed E-state index contributed by atoms with van der Waals surface area (Å²) in [5.41, 5.74) is 6.72. The maximum Gasteiger partial charge on any atom is 0.178 e. The minimum atomic E-state index is 0.264. The van der Waals surface area contributed by atoms with Gasteiger partial charge in [0.25, 0.3) is 0 Å². The molecule has 2 aliphatic rings. The Hall–Kier alpha value is -1.03. The predicted molar refractivity (Wildman–Crippen MR) is 81.0 cm³/mol. The van der Waals surface area contributed by atoms with Gasteiger partial charge in [-0.05, 0) is 37.7 Å². The fourth-order valence-electron chi connectivity index (χ4n) is 2.83. The Morgan fingerprint density at radius 3 is 2.63 bits per heavy atom. The summed E-state index contributed by atoms with van der Waals surface area (Å²) >= 11 is 1.60. The molecule has 1 saturated heterocycles. The number of hydrogen-bond donors (Lipinski definition) is 1. The highest BCUT2D eigenvalue weighted by Gasteiger charge is 2.33. The Labute approximate surface area is 118 Å². The van der Waals surface area contributed by atoms with Gasteiger partial charge in [-0.2, -0.15) is 0 Å². The number of anilines is 2. The summed E-state index contributed by atoms with van der Waals surface area (Å²) in [6.07, 6.45) is 5.91. The van der Waals surface area contributed by atoms with Crippen LogP contribution < -0.4 is 10.6 Å². The zero-order valence-electron chi connectivity index (χ0n) is 11.5. The highest BCUT2D eigenvalue weighted by Crippen LogP contribution is 2.40. The van der Waals surface area contributed by atoms with E-state index in [-0.39, 0.29) is 11.7 Å². The number of piperidine rings is 1. The second-order valence-electron chi connectivity index (χ2n) is 5.85. The number of nitrogens with two attached hydrogens (primary N) is 1. The Balaban J connectivity index is 1.71. The minimum Gasteiger partial charge on any atom is -0.397 e. The van der Waals surface area contributed by atoms with E-state index in [0.29, 0.717) is 5.69 Å². The van der Waals surface area contributed by atoms with Crippen LogP contribution >= 0.6 is 11.3 Å². The van der Waals surface area contributed by atoms with Crippen LogP contribution in [0.15, 0.2) is 6.07 Å². The Morgan fingerprint density at radius 2 is 2.05 bits per heavy atom. The summed E-state index contributed by atoms with van der Waals surface area (Å²) in [4.78, 5) is 15.3. The van der Waals surface area contributed by atoms with Crippen molar-refractivity contribution < 1.29 is 4.79 Å². The van der Waals surface area contributed by atoms with Gasteiger partial charge in [0, 0.05) is 19.0 Å². The van der Waals surface area contributed by atoms with Gasteiger partial charge >= 0.3 is 0 Å². The van der Waals surface area contributed by atoms with Gasteiger partial charge in [-0.1, -0.05) is 13.3 Å². The average Bonchev–Trinajstić information content (AvgIpc) is 3.21. The van der Waals surface area contributed by atoms with E-state index in [0.717, 1.165) is 36.7 Å². The number of nitrogen functional groups attached to an aromatic ring is 1. The molecule has 1 aliphatic carbocycles. The molecule has 0 atom stereocenters. The van der Waals surface area contributed by atoms with Crippen LogP contribution in [0, 0.1) is 11.8 Å². The Kier molecular flexibility index (Phi) is 3.52. The summed E-state index contributed by atoms with van der Waals surface area (Å²) in [5, 5.41) is 1.19. The lowest BCUT2D eigenvalue weighted by Crippen LogP contribution is -2.32. The highest BCUT2D eigenvalue weighted by atomic mass is 32.1. The van der Waals surface area contributed by atoms with Crippen LogP contribution in [0.25, 0.3) is 0 Å². The van der Waals surface area contributed by atoms with Gasteiger partial charge < -0.3 is 10.6 Å². The summed E-state index contributed by atoms with van der Waals surface area (Å²) < 4.78 is 0. The number of hydrogen-bond acceptors (Lipinski definition) is 4. The quantitative estimate of drug-likeness (QED) is 0.857.